The Morgan fingerprint density at radius 3 is 2.00 bits per heavy atom. The van der Waals surface area contributed by atoms with E-state index in [4.69, 9.17) is 5.11 Å². The van der Waals surface area contributed by atoms with Gasteiger partial charge in [-0.3, -0.25) is 4.79 Å². The minimum absolute atomic E-state index is 0.119. The van der Waals surface area contributed by atoms with Crippen molar-refractivity contribution in [3.8, 4) is 0 Å². The maximum Gasteiger partial charge on any atom is 0.389 e. The number of hydrogen-bond acceptors (Lipinski definition) is 3. The monoisotopic (exact) mass is 268 g/mol. The molecule has 18 heavy (non-hydrogen) atoms. The van der Waals surface area contributed by atoms with Gasteiger partial charge in [0.15, 0.2) is 0 Å². The van der Waals surface area contributed by atoms with Gasteiger partial charge in [-0.1, -0.05) is 0 Å². The van der Waals surface area contributed by atoms with Gasteiger partial charge in [-0.15, -0.1) is 0 Å². The minimum Gasteiger partial charge on any atom is -0.481 e. The average Bonchev–Trinajstić information content (AvgIpc) is 2.26. The number of halogens is 3. The fourth-order valence-corrected chi connectivity index (χ4v) is 1.99. The lowest BCUT2D eigenvalue weighted by molar-refractivity contribution is -0.137. The topological polar surface area (TPSA) is 43.8 Å². The maximum atomic E-state index is 12.0. The van der Waals surface area contributed by atoms with Gasteiger partial charge < -0.3 is 14.9 Å². The molecule has 0 aromatic carbocycles. The van der Waals surface area contributed by atoms with Gasteiger partial charge in [-0.05, 0) is 13.0 Å². The van der Waals surface area contributed by atoms with Crippen molar-refractivity contribution in [2.75, 3.05) is 39.3 Å². The highest BCUT2D eigenvalue weighted by atomic mass is 19.4. The van der Waals surface area contributed by atoms with Crippen molar-refractivity contribution in [2.45, 2.75) is 25.4 Å². The van der Waals surface area contributed by atoms with Crippen LogP contribution in [0.4, 0.5) is 13.2 Å². The zero-order chi connectivity index (χ0) is 13.6. The first kappa shape index (κ1) is 15.2. The predicted molar refractivity (Wildman–Crippen MR) is 60.4 cm³/mol. The molecule has 1 N–H and O–H groups in total. The quantitative estimate of drug-likeness (QED) is 0.791. The molecule has 0 amide bonds. The Hall–Kier alpha value is -0.820. The van der Waals surface area contributed by atoms with E-state index in [1.807, 2.05) is 9.80 Å². The van der Waals surface area contributed by atoms with E-state index in [-0.39, 0.29) is 12.8 Å². The summed E-state index contributed by atoms with van der Waals surface area (Å²) < 4.78 is 35.9. The van der Waals surface area contributed by atoms with Crippen LogP contribution in [0.5, 0.6) is 0 Å². The molecule has 106 valence electrons. The molecule has 0 unspecified atom stereocenters. The SMILES string of the molecule is O=C(O)CCN1CCN(CCCC(F)(F)F)CC1. The summed E-state index contributed by atoms with van der Waals surface area (Å²) in [6.45, 7) is 3.89. The summed E-state index contributed by atoms with van der Waals surface area (Å²) >= 11 is 0. The fraction of sp³-hybridized carbons (Fsp3) is 0.909. The van der Waals surface area contributed by atoms with E-state index in [2.05, 4.69) is 0 Å². The average molecular weight is 268 g/mol. The van der Waals surface area contributed by atoms with Gasteiger partial charge in [-0.25, -0.2) is 0 Å². The van der Waals surface area contributed by atoms with Gasteiger partial charge in [0.05, 0.1) is 6.42 Å². The Kier molecular flexibility index (Phi) is 5.87. The molecule has 0 aromatic heterocycles. The van der Waals surface area contributed by atoms with Crippen molar-refractivity contribution in [1.29, 1.82) is 0 Å². The van der Waals surface area contributed by atoms with Gasteiger partial charge in [-0.2, -0.15) is 13.2 Å². The molecule has 0 aromatic rings. The Bertz CT molecular complexity index is 264. The van der Waals surface area contributed by atoms with Crippen molar-refractivity contribution >= 4 is 5.97 Å². The summed E-state index contributed by atoms with van der Waals surface area (Å²) in [5.74, 6) is -0.817. The van der Waals surface area contributed by atoms with Crippen LogP contribution in [0.25, 0.3) is 0 Å². The third-order valence-corrected chi connectivity index (χ3v) is 3.04. The van der Waals surface area contributed by atoms with Crippen LogP contribution in [0.1, 0.15) is 19.3 Å². The second kappa shape index (κ2) is 6.94. The Balaban J connectivity index is 2.10. The number of piperazine rings is 1. The zero-order valence-electron chi connectivity index (χ0n) is 10.2. The Morgan fingerprint density at radius 2 is 1.56 bits per heavy atom. The van der Waals surface area contributed by atoms with Gasteiger partial charge in [0.1, 0.15) is 0 Å². The van der Waals surface area contributed by atoms with E-state index in [1.54, 1.807) is 0 Å². The standard InChI is InChI=1S/C11H19F3N2O2/c12-11(13,14)3-1-4-15-6-8-16(9-7-15)5-2-10(17)18/h1-9H2,(H,17,18). The number of hydrogen-bond donors (Lipinski definition) is 1. The number of aliphatic carboxylic acids is 1. The molecule has 0 bridgehead atoms. The van der Waals surface area contributed by atoms with Gasteiger partial charge >= 0.3 is 12.1 Å². The van der Waals surface area contributed by atoms with E-state index < -0.39 is 18.6 Å². The summed E-state index contributed by atoms with van der Waals surface area (Å²) in [6, 6.07) is 0. The highest BCUT2D eigenvalue weighted by Crippen LogP contribution is 2.21. The minimum atomic E-state index is -4.07. The van der Waals surface area contributed by atoms with E-state index in [9.17, 15) is 18.0 Å². The van der Waals surface area contributed by atoms with Gasteiger partial charge in [0, 0.05) is 39.1 Å². The molecule has 0 saturated carbocycles. The molecule has 7 heteroatoms. The summed E-state index contributed by atoms with van der Waals surface area (Å²) in [6.07, 6.45) is -4.54. The summed E-state index contributed by atoms with van der Waals surface area (Å²) in [5, 5.41) is 8.54. The number of alkyl halides is 3. The smallest absolute Gasteiger partial charge is 0.389 e. The normalized spacial score (nSPS) is 19.1. The first-order chi connectivity index (χ1) is 8.37. The molecule has 0 spiro atoms. The first-order valence-corrected chi connectivity index (χ1v) is 6.10. The van der Waals surface area contributed by atoms with Crippen LogP contribution in [-0.4, -0.2) is 66.3 Å². The Morgan fingerprint density at radius 1 is 1.06 bits per heavy atom. The highest BCUT2D eigenvalue weighted by molar-refractivity contribution is 5.66. The molecule has 1 aliphatic heterocycles. The third kappa shape index (κ3) is 6.80. The molecular weight excluding hydrogens is 249 g/mol. The van der Waals surface area contributed by atoms with Crippen LogP contribution in [-0.2, 0) is 4.79 Å². The molecule has 0 radical (unpaired) electrons. The van der Waals surface area contributed by atoms with Gasteiger partial charge in [0.2, 0.25) is 0 Å². The van der Waals surface area contributed by atoms with Crippen molar-refractivity contribution in [3.05, 3.63) is 0 Å². The summed E-state index contributed by atoms with van der Waals surface area (Å²) in [4.78, 5) is 14.4. The number of nitrogens with zero attached hydrogens (tertiary/aromatic N) is 2. The maximum absolute atomic E-state index is 12.0. The number of carboxylic acid groups (broad SMARTS) is 1. The van der Waals surface area contributed by atoms with Crippen LogP contribution in [0.2, 0.25) is 0 Å². The fourth-order valence-electron chi connectivity index (χ4n) is 1.99. The lowest BCUT2D eigenvalue weighted by Crippen LogP contribution is -2.47. The zero-order valence-corrected chi connectivity index (χ0v) is 10.2. The van der Waals surface area contributed by atoms with Crippen molar-refractivity contribution in [2.24, 2.45) is 0 Å². The molecule has 1 aliphatic rings. The molecule has 1 rings (SSSR count). The van der Waals surface area contributed by atoms with Crippen LogP contribution >= 0.6 is 0 Å². The number of rotatable bonds is 6. The third-order valence-electron chi connectivity index (χ3n) is 3.04. The summed E-state index contributed by atoms with van der Waals surface area (Å²) in [7, 11) is 0. The van der Waals surface area contributed by atoms with Crippen molar-refractivity contribution < 1.29 is 23.1 Å². The van der Waals surface area contributed by atoms with E-state index in [0.29, 0.717) is 13.1 Å². The number of carbonyl (C=O) groups is 1. The van der Waals surface area contributed by atoms with Crippen LogP contribution in [0.15, 0.2) is 0 Å². The van der Waals surface area contributed by atoms with E-state index in [1.165, 1.54) is 0 Å². The lowest BCUT2D eigenvalue weighted by atomic mass is 10.2. The second-order valence-corrected chi connectivity index (χ2v) is 4.55. The molecule has 1 heterocycles. The van der Waals surface area contributed by atoms with E-state index >= 15 is 0 Å². The predicted octanol–water partition coefficient (Wildman–Crippen LogP) is 1.42. The number of carboxylic acids is 1. The molecule has 4 nitrogen and oxygen atoms in total. The van der Waals surface area contributed by atoms with Crippen molar-refractivity contribution in [1.82, 2.24) is 9.80 Å². The van der Waals surface area contributed by atoms with E-state index in [0.717, 1.165) is 26.2 Å². The largest absolute Gasteiger partial charge is 0.481 e. The molecule has 1 fully saturated rings. The molecule has 1 saturated heterocycles. The molecule has 0 atom stereocenters. The molecular formula is C11H19F3N2O2. The Labute approximate surface area is 104 Å². The van der Waals surface area contributed by atoms with Crippen LogP contribution < -0.4 is 0 Å². The van der Waals surface area contributed by atoms with Crippen LogP contribution in [0.3, 0.4) is 0 Å². The lowest BCUT2D eigenvalue weighted by Gasteiger charge is -2.34. The summed E-state index contributed by atoms with van der Waals surface area (Å²) in [5.41, 5.74) is 0. The second-order valence-electron chi connectivity index (χ2n) is 4.55. The first-order valence-electron chi connectivity index (χ1n) is 6.10. The van der Waals surface area contributed by atoms with Gasteiger partial charge in [0.25, 0.3) is 0 Å². The molecule has 0 aliphatic carbocycles. The van der Waals surface area contributed by atoms with Crippen molar-refractivity contribution in [3.63, 3.8) is 0 Å². The highest BCUT2D eigenvalue weighted by Gasteiger charge is 2.27. The van der Waals surface area contributed by atoms with Crippen LogP contribution in [0, 0.1) is 0 Å².